The highest BCUT2D eigenvalue weighted by Gasteiger charge is 2.41. The van der Waals surface area contributed by atoms with Gasteiger partial charge in [0, 0.05) is 28.4 Å². The van der Waals surface area contributed by atoms with Gasteiger partial charge >= 0.3 is 0 Å². The van der Waals surface area contributed by atoms with Gasteiger partial charge in [-0.1, -0.05) is 67.0 Å². The van der Waals surface area contributed by atoms with Crippen LogP contribution in [-0.4, -0.2) is 17.4 Å². The molecule has 0 fully saturated rings. The molecule has 1 atom stereocenters. The quantitative estimate of drug-likeness (QED) is 0.491. The van der Waals surface area contributed by atoms with Gasteiger partial charge in [0.25, 0.3) is 0 Å². The summed E-state index contributed by atoms with van der Waals surface area (Å²) < 4.78 is 0. The van der Waals surface area contributed by atoms with Gasteiger partial charge in [-0.25, -0.2) is 0 Å². The van der Waals surface area contributed by atoms with Crippen molar-refractivity contribution in [1.82, 2.24) is 5.32 Å². The Kier molecular flexibility index (Phi) is 7.12. The lowest BCUT2D eigenvalue weighted by molar-refractivity contribution is -0.118. The number of hydrogen-bond acceptors (Lipinski definition) is 5. The summed E-state index contributed by atoms with van der Waals surface area (Å²) in [5, 5.41) is 17.7. The van der Waals surface area contributed by atoms with Crippen LogP contribution in [0.15, 0.2) is 64.3 Å². The molecule has 2 aromatic carbocycles. The fourth-order valence-corrected chi connectivity index (χ4v) is 5.74. The van der Waals surface area contributed by atoms with Crippen molar-refractivity contribution in [3.05, 3.63) is 86.0 Å². The molecule has 1 aliphatic heterocycles. The number of carbonyl (C=O) groups is 2. The highest BCUT2D eigenvalue weighted by molar-refractivity contribution is 8.03. The molecule has 4 rings (SSSR count). The Morgan fingerprint density at radius 1 is 1.20 bits per heavy atom. The second-order valence-corrected chi connectivity index (χ2v) is 11.4. The van der Waals surface area contributed by atoms with Crippen LogP contribution >= 0.6 is 23.4 Å². The third-order valence-corrected chi connectivity index (χ3v) is 7.60. The Bertz CT molecular complexity index is 1300. The van der Waals surface area contributed by atoms with E-state index < -0.39 is 5.92 Å². The molecule has 35 heavy (non-hydrogen) atoms. The number of thioether (sulfide) groups is 1. The summed E-state index contributed by atoms with van der Waals surface area (Å²) in [5.74, 6) is -0.458. The van der Waals surface area contributed by atoms with E-state index in [0.29, 0.717) is 34.0 Å². The number of aryl methyl sites for hydroxylation is 2. The van der Waals surface area contributed by atoms with E-state index in [0.717, 1.165) is 28.1 Å². The van der Waals surface area contributed by atoms with Crippen molar-refractivity contribution in [2.45, 2.75) is 46.5 Å². The summed E-state index contributed by atoms with van der Waals surface area (Å²) in [5.41, 5.74) is 5.48. The third kappa shape index (κ3) is 5.47. The lowest BCUT2D eigenvalue weighted by atomic mass is 9.69. The molecule has 0 bridgehead atoms. The van der Waals surface area contributed by atoms with Gasteiger partial charge < -0.3 is 10.6 Å². The lowest BCUT2D eigenvalue weighted by Gasteiger charge is -2.39. The van der Waals surface area contributed by atoms with Crippen LogP contribution < -0.4 is 10.6 Å². The minimum atomic E-state index is -0.484. The minimum Gasteiger partial charge on any atom is -0.352 e. The number of Topliss-reactive ketones (excluding diaryl/α,β-unsaturated/α-hetero) is 1. The topological polar surface area (TPSA) is 82.0 Å². The first-order chi connectivity index (χ1) is 16.6. The first kappa shape index (κ1) is 25.1. The predicted molar refractivity (Wildman–Crippen MR) is 142 cm³/mol. The van der Waals surface area contributed by atoms with E-state index in [1.807, 2.05) is 44.2 Å². The maximum atomic E-state index is 13.3. The van der Waals surface area contributed by atoms with Gasteiger partial charge in [-0.15, -0.1) is 0 Å². The Balaban J connectivity index is 1.64. The summed E-state index contributed by atoms with van der Waals surface area (Å²) in [7, 11) is 0. The molecule has 1 aliphatic carbocycles. The fourth-order valence-electron chi connectivity index (χ4n) is 4.76. The molecular formula is C28H28ClN3O2S. The maximum Gasteiger partial charge on any atom is 0.234 e. The van der Waals surface area contributed by atoms with Crippen LogP contribution in [0.5, 0.6) is 0 Å². The van der Waals surface area contributed by atoms with Gasteiger partial charge in [0.05, 0.1) is 28.3 Å². The van der Waals surface area contributed by atoms with Gasteiger partial charge in [-0.2, -0.15) is 5.26 Å². The van der Waals surface area contributed by atoms with Crippen molar-refractivity contribution in [3.63, 3.8) is 0 Å². The maximum absolute atomic E-state index is 13.3. The number of nitrogens with one attached hydrogen (secondary N) is 2. The number of amides is 1. The number of ketones is 1. The van der Waals surface area contributed by atoms with Crippen LogP contribution in [0.4, 0.5) is 5.69 Å². The number of hydrogen-bond donors (Lipinski definition) is 2. The van der Waals surface area contributed by atoms with Crippen molar-refractivity contribution < 1.29 is 9.59 Å². The highest BCUT2D eigenvalue weighted by atomic mass is 35.5. The normalized spacial score (nSPS) is 19.1. The second-order valence-electron chi connectivity index (χ2n) is 9.95. The second kappa shape index (κ2) is 9.93. The fraction of sp³-hybridized carbons (Fsp3) is 0.321. The molecular weight excluding hydrogens is 478 g/mol. The third-order valence-electron chi connectivity index (χ3n) is 6.33. The van der Waals surface area contributed by atoms with Crippen molar-refractivity contribution in [2.75, 3.05) is 11.1 Å². The highest BCUT2D eigenvalue weighted by Crippen LogP contribution is 2.47. The summed E-state index contributed by atoms with van der Waals surface area (Å²) in [4.78, 5) is 26.0. The number of carbonyl (C=O) groups excluding carboxylic acids is 2. The molecule has 0 saturated heterocycles. The summed E-state index contributed by atoms with van der Waals surface area (Å²) in [6.07, 6.45) is 1.12. The minimum absolute atomic E-state index is 0.0492. The standard InChI is InChI=1S/C28H28ClN3O2S/c1-16-5-10-21(17(2)11-16)31-24(34)15-35-27-20(14-30)25(18-6-8-19(29)9-7-18)26-22(32-27)12-28(3,4)13-23(26)33/h5-11,25,32H,12-13,15H2,1-4H3,(H,31,34). The number of nitrogens with zero attached hydrogens (tertiary/aromatic N) is 1. The average molecular weight is 506 g/mol. The van der Waals surface area contributed by atoms with Crippen molar-refractivity contribution in [2.24, 2.45) is 5.41 Å². The van der Waals surface area contributed by atoms with Crippen molar-refractivity contribution in [1.29, 1.82) is 5.26 Å². The van der Waals surface area contributed by atoms with E-state index in [4.69, 9.17) is 11.6 Å². The Morgan fingerprint density at radius 3 is 2.57 bits per heavy atom. The van der Waals surface area contributed by atoms with E-state index >= 15 is 0 Å². The van der Waals surface area contributed by atoms with Crippen LogP contribution in [0, 0.1) is 30.6 Å². The molecule has 5 nitrogen and oxygen atoms in total. The number of dihydropyridines is 1. The van der Waals surface area contributed by atoms with Gasteiger partial charge in [-0.3, -0.25) is 9.59 Å². The molecule has 1 heterocycles. The number of halogens is 1. The first-order valence-corrected chi connectivity index (χ1v) is 12.9. The molecule has 180 valence electrons. The van der Waals surface area contributed by atoms with E-state index in [2.05, 4.69) is 30.6 Å². The molecule has 7 heteroatoms. The molecule has 2 aromatic rings. The molecule has 2 aliphatic rings. The van der Waals surface area contributed by atoms with Crippen LogP contribution in [0.3, 0.4) is 0 Å². The Labute approximate surface area is 215 Å². The summed E-state index contributed by atoms with van der Waals surface area (Å²) in [6, 6.07) is 15.5. The van der Waals surface area contributed by atoms with E-state index in [-0.39, 0.29) is 22.9 Å². The van der Waals surface area contributed by atoms with Crippen LogP contribution in [0.1, 0.15) is 49.3 Å². The smallest absolute Gasteiger partial charge is 0.234 e. The molecule has 0 radical (unpaired) electrons. The van der Waals surface area contributed by atoms with Gasteiger partial charge in [-0.05, 0) is 55.0 Å². The molecule has 2 N–H and O–H groups in total. The van der Waals surface area contributed by atoms with Crippen LogP contribution in [-0.2, 0) is 9.59 Å². The summed E-state index contributed by atoms with van der Waals surface area (Å²) in [6.45, 7) is 8.11. The first-order valence-electron chi connectivity index (χ1n) is 11.5. The number of nitriles is 1. The Morgan fingerprint density at radius 2 is 1.91 bits per heavy atom. The SMILES string of the molecule is Cc1ccc(NC(=O)CSC2=C(C#N)C(c3ccc(Cl)cc3)C3=C(CC(C)(C)CC3=O)N2)c(C)c1. The van der Waals surface area contributed by atoms with Gasteiger partial charge in [0.2, 0.25) is 5.91 Å². The zero-order valence-corrected chi connectivity index (χ0v) is 21.9. The van der Waals surface area contributed by atoms with Gasteiger partial charge in [0.1, 0.15) is 0 Å². The largest absolute Gasteiger partial charge is 0.352 e. The zero-order valence-electron chi connectivity index (χ0n) is 20.3. The number of benzene rings is 2. The van der Waals surface area contributed by atoms with Gasteiger partial charge in [0.15, 0.2) is 5.78 Å². The number of rotatable bonds is 5. The molecule has 1 amide bonds. The molecule has 0 saturated carbocycles. The summed E-state index contributed by atoms with van der Waals surface area (Å²) >= 11 is 7.39. The lowest BCUT2D eigenvalue weighted by Crippen LogP contribution is -2.37. The number of allylic oxidation sites excluding steroid dienone is 3. The van der Waals surface area contributed by atoms with Crippen LogP contribution in [0.2, 0.25) is 5.02 Å². The van der Waals surface area contributed by atoms with E-state index in [1.54, 1.807) is 12.1 Å². The average Bonchev–Trinajstić information content (AvgIpc) is 2.78. The van der Waals surface area contributed by atoms with E-state index in [9.17, 15) is 14.9 Å². The molecule has 1 unspecified atom stereocenters. The number of anilines is 1. The van der Waals surface area contributed by atoms with Crippen LogP contribution in [0.25, 0.3) is 0 Å². The Hall–Kier alpha value is -3.01. The predicted octanol–water partition coefficient (Wildman–Crippen LogP) is 6.39. The van der Waals surface area contributed by atoms with E-state index in [1.165, 1.54) is 11.8 Å². The monoisotopic (exact) mass is 505 g/mol. The van der Waals surface area contributed by atoms with Crippen molar-refractivity contribution >= 4 is 40.7 Å². The zero-order chi connectivity index (χ0) is 25.3. The molecule has 0 aromatic heterocycles. The molecule has 0 spiro atoms. The van der Waals surface area contributed by atoms with Crippen molar-refractivity contribution in [3.8, 4) is 6.07 Å².